The summed E-state index contributed by atoms with van der Waals surface area (Å²) in [5.74, 6) is 0.974. The second kappa shape index (κ2) is 4.24. The van der Waals surface area contributed by atoms with Gasteiger partial charge in [0, 0.05) is 11.9 Å². The second-order valence-electron chi connectivity index (χ2n) is 3.18. The fourth-order valence-corrected chi connectivity index (χ4v) is 2.38. The summed E-state index contributed by atoms with van der Waals surface area (Å²) >= 11 is 1.65. The molecule has 1 fully saturated rings. The molecule has 1 aromatic heterocycles. The van der Waals surface area contributed by atoms with Crippen LogP contribution >= 0.6 is 11.8 Å². The molecule has 0 spiro atoms. The highest BCUT2D eigenvalue weighted by atomic mass is 32.2. The molecule has 6 heteroatoms. The van der Waals surface area contributed by atoms with Gasteiger partial charge in [0.05, 0.1) is 0 Å². The molecule has 0 saturated carbocycles. The first kappa shape index (κ1) is 10.5. The molecule has 0 unspecified atom stereocenters. The van der Waals surface area contributed by atoms with Crippen LogP contribution in [0.3, 0.4) is 0 Å². The average molecular weight is 226 g/mol. The van der Waals surface area contributed by atoms with Crippen molar-refractivity contribution in [1.29, 1.82) is 0 Å². The Morgan fingerprint density at radius 1 is 1.80 bits per heavy atom. The Morgan fingerprint density at radius 3 is 3.20 bits per heavy atom. The minimum Gasteiger partial charge on any atom is -0.383 e. The van der Waals surface area contributed by atoms with E-state index in [0.717, 1.165) is 5.75 Å². The minimum atomic E-state index is -0.370. The molecule has 2 heterocycles. The van der Waals surface area contributed by atoms with Gasteiger partial charge in [-0.1, -0.05) is 0 Å². The third-order valence-electron chi connectivity index (χ3n) is 2.13. The van der Waals surface area contributed by atoms with Crippen molar-refractivity contribution in [2.75, 3.05) is 11.5 Å². The van der Waals surface area contributed by atoms with E-state index < -0.39 is 0 Å². The molecule has 1 aliphatic heterocycles. The number of nitrogens with zero attached hydrogens (tertiary/aromatic N) is 2. The van der Waals surface area contributed by atoms with E-state index in [1.807, 2.05) is 0 Å². The van der Waals surface area contributed by atoms with Gasteiger partial charge in [-0.15, -0.1) is 11.8 Å². The van der Waals surface area contributed by atoms with Crippen molar-refractivity contribution in [3.63, 3.8) is 0 Å². The number of ether oxygens (including phenoxy) is 1. The summed E-state index contributed by atoms with van der Waals surface area (Å²) in [5.41, 5.74) is 5.10. The molecule has 0 aliphatic carbocycles. The number of aromatic nitrogens is 2. The molecule has 15 heavy (non-hydrogen) atoms. The second-order valence-corrected chi connectivity index (χ2v) is 4.38. The Balaban J connectivity index is 2.20. The molecule has 0 amide bonds. The average Bonchev–Trinajstić information content (AvgIpc) is 2.66. The zero-order chi connectivity index (χ0) is 10.8. The van der Waals surface area contributed by atoms with Crippen LogP contribution in [0.25, 0.3) is 0 Å². The first-order valence-corrected chi connectivity index (χ1v) is 5.66. The van der Waals surface area contributed by atoms with Crippen LogP contribution in [-0.4, -0.2) is 20.7 Å². The van der Waals surface area contributed by atoms with E-state index in [0.29, 0.717) is 6.42 Å². The standard InChI is InChI=1S/C9H12N3O2S/c1-2-8-14-7(5-15-8)12-4-3-6(10)11-9(12)13/h3-4,7-8H,1-2,5H2,(H2,10,11,13)/t7-,8+/m0/s1. The zero-order valence-corrected chi connectivity index (χ0v) is 8.94. The first-order valence-electron chi connectivity index (χ1n) is 4.61. The van der Waals surface area contributed by atoms with E-state index in [4.69, 9.17) is 10.5 Å². The minimum absolute atomic E-state index is 0.0689. The van der Waals surface area contributed by atoms with Crippen LogP contribution in [0, 0.1) is 6.92 Å². The van der Waals surface area contributed by atoms with Gasteiger partial charge >= 0.3 is 5.69 Å². The lowest BCUT2D eigenvalue weighted by Gasteiger charge is -2.13. The highest BCUT2D eigenvalue weighted by Gasteiger charge is 2.26. The van der Waals surface area contributed by atoms with Gasteiger partial charge in [-0.25, -0.2) is 4.79 Å². The molecule has 0 aromatic carbocycles. The van der Waals surface area contributed by atoms with Crippen LogP contribution < -0.4 is 11.4 Å². The Labute approximate surface area is 91.6 Å². The molecule has 2 rings (SSSR count). The van der Waals surface area contributed by atoms with Crippen molar-refractivity contribution in [2.24, 2.45) is 0 Å². The van der Waals surface area contributed by atoms with E-state index in [1.54, 1.807) is 24.0 Å². The predicted octanol–water partition coefficient (Wildman–Crippen LogP) is 0.638. The lowest BCUT2D eigenvalue weighted by atomic mass is 10.5. The topological polar surface area (TPSA) is 70.1 Å². The van der Waals surface area contributed by atoms with E-state index in [-0.39, 0.29) is 23.2 Å². The van der Waals surface area contributed by atoms with Crippen LogP contribution in [0.5, 0.6) is 0 Å². The summed E-state index contributed by atoms with van der Waals surface area (Å²) in [6.07, 6.45) is 2.06. The summed E-state index contributed by atoms with van der Waals surface area (Å²) in [4.78, 5) is 15.1. The number of anilines is 1. The Hall–Kier alpha value is -1.01. The van der Waals surface area contributed by atoms with E-state index >= 15 is 0 Å². The third-order valence-corrected chi connectivity index (χ3v) is 3.33. The molecule has 81 valence electrons. The third kappa shape index (κ3) is 2.15. The molecule has 2 N–H and O–H groups in total. The Bertz CT molecular complexity index is 407. The molecular formula is C9H12N3O2S. The van der Waals surface area contributed by atoms with Gasteiger partial charge in [0.15, 0.2) is 0 Å². The van der Waals surface area contributed by atoms with Gasteiger partial charge in [-0.3, -0.25) is 4.57 Å². The molecule has 1 aliphatic rings. The molecule has 0 bridgehead atoms. The van der Waals surface area contributed by atoms with Gasteiger partial charge in [-0.2, -0.15) is 4.98 Å². The molecule has 2 atom stereocenters. The van der Waals surface area contributed by atoms with Gasteiger partial charge in [0.25, 0.3) is 0 Å². The van der Waals surface area contributed by atoms with Crippen LogP contribution in [0.4, 0.5) is 5.82 Å². The highest BCUT2D eigenvalue weighted by Crippen LogP contribution is 2.32. The van der Waals surface area contributed by atoms with Crippen molar-refractivity contribution in [1.82, 2.24) is 9.55 Å². The molecule has 5 nitrogen and oxygen atoms in total. The molecule has 1 aromatic rings. The number of hydrogen-bond donors (Lipinski definition) is 1. The van der Waals surface area contributed by atoms with Crippen LogP contribution in [-0.2, 0) is 4.74 Å². The van der Waals surface area contributed by atoms with Gasteiger partial charge in [0.2, 0.25) is 0 Å². The van der Waals surface area contributed by atoms with Crippen LogP contribution in [0.1, 0.15) is 12.6 Å². The maximum atomic E-state index is 11.5. The van der Waals surface area contributed by atoms with E-state index in [1.165, 1.54) is 4.57 Å². The lowest BCUT2D eigenvalue weighted by Crippen LogP contribution is -2.28. The Kier molecular flexibility index (Phi) is 2.97. The van der Waals surface area contributed by atoms with Crippen LogP contribution in [0.15, 0.2) is 17.1 Å². The number of nitrogens with two attached hydrogens (primary N) is 1. The largest absolute Gasteiger partial charge is 0.383 e. The van der Waals surface area contributed by atoms with Gasteiger partial charge < -0.3 is 10.5 Å². The van der Waals surface area contributed by atoms with Gasteiger partial charge in [0.1, 0.15) is 17.5 Å². The maximum absolute atomic E-state index is 11.5. The quantitative estimate of drug-likeness (QED) is 0.801. The summed E-state index contributed by atoms with van der Waals surface area (Å²) in [5, 5.41) is 0. The smallest absolute Gasteiger partial charge is 0.351 e. The maximum Gasteiger partial charge on any atom is 0.351 e. The lowest BCUT2D eigenvalue weighted by molar-refractivity contribution is 0.0172. The summed E-state index contributed by atoms with van der Waals surface area (Å²) < 4.78 is 7.06. The number of hydrogen-bond acceptors (Lipinski definition) is 5. The van der Waals surface area contributed by atoms with Crippen molar-refractivity contribution in [3.05, 3.63) is 29.7 Å². The van der Waals surface area contributed by atoms with E-state index in [9.17, 15) is 4.79 Å². The summed E-state index contributed by atoms with van der Waals surface area (Å²) in [6, 6.07) is 1.59. The van der Waals surface area contributed by atoms with Crippen LogP contribution in [0.2, 0.25) is 0 Å². The molecule has 1 radical (unpaired) electrons. The van der Waals surface area contributed by atoms with Crippen molar-refractivity contribution in [3.8, 4) is 0 Å². The number of nitrogen functional groups attached to an aromatic ring is 1. The van der Waals surface area contributed by atoms with Crippen molar-refractivity contribution >= 4 is 17.6 Å². The van der Waals surface area contributed by atoms with Crippen molar-refractivity contribution < 1.29 is 4.74 Å². The molecular weight excluding hydrogens is 214 g/mol. The SMILES string of the molecule is [CH2]C[C@@H]1O[C@H](n2ccc(N)nc2=O)CS1. The van der Waals surface area contributed by atoms with E-state index in [2.05, 4.69) is 11.9 Å². The fourth-order valence-electron chi connectivity index (χ4n) is 1.39. The fraction of sp³-hybridized carbons (Fsp3) is 0.444. The molecule has 1 saturated heterocycles. The zero-order valence-electron chi connectivity index (χ0n) is 8.13. The summed E-state index contributed by atoms with van der Waals surface area (Å²) in [6.45, 7) is 3.76. The summed E-state index contributed by atoms with van der Waals surface area (Å²) in [7, 11) is 0. The first-order chi connectivity index (χ1) is 7.20. The normalized spacial score (nSPS) is 25.7. The van der Waals surface area contributed by atoms with Gasteiger partial charge in [-0.05, 0) is 19.4 Å². The number of rotatable bonds is 2. The Morgan fingerprint density at radius 2 is 2.60 bits per heavy atom. The highest BCUT2D eigenvalue weighted by molar-refractivity contribution is 7.99. The van der Waals surface area contributed by atoms with Crippen molar-refractivity contribution in [2.45, 2.75) is 18.1 Å². The monoisotopic (exact) mass is 226 g/mol. The number of thioether (sulfide) groups is 1. The predicted molar refractivity (Wildman–Crippen MR) is 59.3 cm³/mol.